The molecule has 0 aromatic heterocycles. The number of rotatable bonds is 1. The highest BCUT2D eigenvalue weighted by molar-refractivity contribution is 6.33. The highest BCUT2D eigenvalue weighted by Crippen LogP contribution is 2.24. The molecule has 2 aromatic carbocycles. The van der Waals surface area contributed by atoms with E-state index in [9.17, 15) is 4.79 Å². The Morgan fingerprint density at radius 2 is 1.90 bits per heavy atom. The predicted octanol–water partition coefficient (Wildman–Crippen LogP) is 1.08. The largest absolute Gasteiger partial charge is 0.360 e. The first-order valence-corrected chi connectivity index (χ1v) is 6.80. The van der Waals surface area contributed by atoms with Crippen LogP contribution in [0, 0.1) is 0 Å². The van der Waals surface area contributed by atoms with Crippen molar-refractivity contribution in [1.29, 1.82) is 0 Å². The van der Waals surface area contributed by atoms with E-state index in [2.05, 4.69) is 16.1 Å². The molecule has 0 atom stereocenters. The zero-order chi connectivity index (χ0) is 14.4. The molecule has 0 saturated carbocycles. The molecule has 0 amide bonds. The minimum absolute atomic E-state index is 0.101. The number of para-hydroxylation sites is 1. The summed E-state index contributed by atoms with van der Waals surface area (Å²) in [6.07, 6.45) is 1.74. The Labute approximate surface area is 121 Å². The maximum absolute atomic E-state index is 12.5. The molecule has 2 aromatic rings. The number of nitrogens with zero attached hydrogens (tertiary/aromatic N) is 2. The monoisotopic (exact) mass is 273 g/mol. The van der Waals surface area contributed by atoms with Crippen molar-refractivity contribution in [2.75, 3.05) is 0 Å². The van der Waals surface area contributed by atoms with Crippen LogP contribution in [0.1, 0.15) is 0 Å². The first-order valence-electron chi connectivity index (χ1n) is 6.80. The van der Waals surface area contributed by atoms with E-state index >= 15 is 0 Å². The van der Waals surface area contributed by atoms with Gasteiger partial charge in [0.25, 0.3) is 5.56 Å². The van der Waals surface area contributed by atoms with Gasteiger partial charge in [-0.2, -0.15) is 9.78 Å². The van der Waals surface area contributed by atoms with Crippen molar-refractivity contribution in [2.24, 2.45) is 0 Å². The summed E-state index contributed by atoms with van der Waals surface area (Å²) < 4.78 is 1.46. The van der Waals surface area contributed by atoms with Gasteiger partial charge in [0.2, 0.25) is 0 Å². The fourth-order valence-corrected chi connectivity index (χ4v) is 2.62. The second-order valence-corrected chi connectivity index (χ2v) is 5.15. The Kier molecular flexibility index (Phi) is 2.48. The molecule has 0 fully saturated rings. The summed E-state index contributed by atoms with van der Waals surface area (Å²) in [5, 5.41) is 5.51. The molecule has 100 valence electrons. The van der Waals surface area contributed by atoms with Gasteiger partial charge in [0.1, 0.15) is 13.5 Å². The Bertz CT molecular complexity index is 972. The fraction of sp³-hybridized carbons (Fsp3) is 0. The van der Waals surface area contributed by atoms with Crippen molar-refractivity contribution in [3.8, 4) is 16.9 Å². The zero-order valence-electron chi connectivity index (χ0n) is 11.5. The molecule has 21 heavy (non-hydrogen) atoms. The third-order valence-electron chi connectivity index (χ3n) is 3.68. The smallest absolute Gasteiger partial charge is 0.282 e. The van der Waals surface area contributed by atoms with E-state index in [-0.39, 0.29) is 5.56 Å². The van der Waals surface area contributed by atoms with Crippen LogP contribution in [0.3, 0.4) is 0 Å². The van der Waals surface area contributed by atoms with Crippen molar-refractivity contribution in [1.82, 2.24) is 14.8 Å². The zero-order valence-corrected chi connectivity index (χ0v) is 11.5. The lowest BCUT2D eigenvalue weighted by molar-refractivity contribution is 0.859. The summed E-state index contributed by atoms with van der Waals surface area (Å²) in [6.45, 7) is 0. The van der Waals surface area contributed by atoms with Gasteiger partial charge in [0.15, 0.2) is 0 Å². The maximum Gasteiger partial charge on any atom is 0.282 e. The van der Waals surface area contributed by atoms with E-state index in [0.717, 1.165) is 27.7 Å². The van der Waals surface area contributed by atoms with Gasteiger partial charge < -0.3 is 4.98 Å². The van der Waals surface area contributed by atoms with E-state index in [1.807, 2.05) is 50.3 Å². The van der Waals surface area contributed by atoms with Gasteiger partial charge >= 0.3 is 0 Å². The van der Waals surface area contributed by atoms with Crippen LogP contribution in [-0.2, 0) is 0 Å². The minimum Gasteiger partial charge on any atom is -0.360 e. The van der Waals surface area contributed by atoms with Crippen LogP contribution in [-0.4, -0.2) is 22.6 Å². The van der Waals surface area contributed by atoms with Crippen LogP contribution in [0.15, 0.2) is 59.5 Å². The first-order chi connectivity index (χ1) is 10.2. The van der Waals surface area contributed by atoms with Crippen LogP contribution < -0.4 is 11.0 Å². The third-order valence-corrected chi connectivity index (χ3v) is 3.68. The highest BCUT2D eigenvalue weighted by atomic mass is 16.1. The average Bonchev–Trinajstić information content (AvgIpc) is 2.86. The van der Waals surface area contributed by atoms with E-state index in [1.54, 1.807) is 6.20 Å². The lowest BCUT2D eigenvalue weighted by Gasteiger charge is -2.03. The Balaban J connectivity index is 2.10. The number of H-pyrrole nitrogens is 1. The Morgan fingerprint density at radius 3 is 2.71 bits per heavy atom. The SMILES string of the molecule is Bc1ccc2[nH]cc3c(=O)n(-c4ccccc4)nc-3c2c1. The summed E-state index contributed by atoms with van der Waals surface area (Å²) in [5.74, 6) is 0. The van der Waals surface area contributed by atoms with Gasteiger partial charge in [-0.3, -0.25) is 4.79 Å². The topological polar surface area (TPSA) is 50.7 Å². The van der Waals surface area contributed by atoms with Crippen LogP contribution >= 0.6 is 0 Å². The quantitative estimate of drug-likeness (QED) is 0.527. The predicted molar refractivity (Wildman–Crippen MR) is 86.5 cm³/mol. The molecule has 4 rings (SSSR count). The number of hydrogen-bond acceptors (Lipinski definition) is 2. The van der Waals surface area contributed by atoms with E-state index in [4.69, 9.17) is 0 Å². The highest BCUT2D eigenvalue weighted by Gasteiger charge is 2.18. The number of nitrogens with one attached hydrogen (secondary N) is 1. The summed E-state index contributed by atoms with van der Waals surface area (Å²) in [5.41, 5.74) is 4.14. The molecule has 4 nitrogen and oxygen atoms in total. The average molecular weight is 273 g/mol. The number of hydrogen-bond donors (Lipinski definition) is 1. The van der Waals surface area contributed by atoms with Crippen molar-refractivity contribution < 1.29 is 0 Å². The normalized spacial score (nSPS) is 11.2. The molecule has 1 N–H and O–H groups in total. The number of aromatic nitrogens is 3. The molecule has 0 unspecified atom stereocenters. The first kappa shape index (κ1) is 12.0. The van der Waals surface area contributed by atoms with Crippen molar-refractivity contribution in [3.05, 3.63) is 65.1 Å². The number of pyridine rings is 1. The van der Waals surface area contributed by atoms with Crippen LogP contribution in [0.5, 0.6) is 0 Å². The van der Waals surface area contributed by atoms with Crippen molar-refractivity contribution in [2.45, 2.75) is 0 Å². The van der Waals surface area contributed by atoms with Gasteiger partial charge in [-0.1, -0.05) is 35.8 Å². The van der Waals surface area contributed by atoms with Crippen LogP contribution in [0.4, 0.5) is 0 Å². The lowest BCUT2D eigenvalue weighted by atomic mass is 9.93. The molecular weight excluding hydrogens is 261 g/mol. The summed E-state index contributed by atoms with van der Waals surface area (Å²) in [6, 6.07) is 15.6. The maximum atomic E-state index is 12.5. The number of fused-ring (bicyclic) bond motifs is 3. The van der Waals surface area contributed by atoms with Crippen LogP contribution in [0.25, 0.3) is 27.8 Å². The molecular formula is C16H12BN3O. The van der Waals surface area contributed by atoms with Crippen molar-refractivity contribution >= 4 is 24.2 Å². The molecule has 0 saturated heterocycles. The standard InChI is InChI=1S/C16H12BN3O/c17-10-6-7-14-12(8-10)15-13(9-18-14)16(21)20(19-15)11-4-2-1-3-5-11/h1-9,18H,17H2. The fourth-order valence-electron chi connectivity index (χ4n) is 2.62. The van der Waals surface area contributed by atoms with Gasteiger partial charge in [-0.25, -0.2) is 0 Å². The van der Waals surface area contributed by atoms with Crippen LogP contribution in [0.2, 0.25) is 0 Å². The van der Waals surface area contributed by atoms with Gasteiger partial charge in [0, 0.05) is 17.1 Å². The Morgan fingerprint density at radius 1 is 1.10 bits per heavy atom. The minimum atomic E-state index is -0.101. The summed E-state index contributed by atoms with van der Waals surface area (Å²) >= 11 is 0. The second kappa shape index (κ2) is 4.35. The molecule has 2 aliphatic rings. The van der Waals surface area contributed by atoms with Crippen molar-refractivity contribution in [3.63, 3.8) is 0 Å². The number of benzene rings is 2. The van der Waals surface area contributed by atoms with E-state index in [0.29, 0.717) is 5.56 Å². The molecule has 0 radical (unpaired) electrons. The number of aromatic amines is 1. The molecule has 2 heterocycles. The van der Waals surface area contributed by atoms with Gasteiger partial charge in [-0.15, -0.1) is 0 Å². The van der Waals surface area contributed by atoms with E-state index in [1.165, 1.54) is 4.68 Å². The summed E-state index contributed by atoms with van der Waals surface area (Å²) in [7, 11) is 2.03. The molecule has 0 bridgehead atoms. The van der Waals surface area contributed by atoms with E-state index < -0.39 is 0 Å². The van der Waals surface area contributed by atoms with Gasteiger partial charge in [0.05, 0.1) is 11.3 Å². The molecule has 0 spiro atoms. The summed E-state index contributed by atoms with van der Waals surface area (Å²) in [4.78, 5) is 15.7. The van der Waals surface area contributed by atoms with Gasteiger partial charge in [-0.05, 0) is 18.2 Å². The Hall–Kier alpha value is -2.82. The molecule has 0 aliphatic carbocycles. The molecule has 5 heteroatoms. The third kappa shape index (κ3) is 1.78. The lowest BCUT2D eigenvalue weighted by Crippen LogP contribution is -2.14. The molecule has 2 aliphatic heterocycles. The second-order valence-electron chi connectivity index (χ2n) is 5.15.